The van der Waals surface area contributed by atoms with Crippen LogP contribution in [-0.4, -0.2) is 35.8 Å². The number of H-pyrrole nitrogens is 1. The summed E-state index contributed by atoms with van der Waals surface area (Å²) in [7, 11) is 0. The Balaban J connectivity index is 1.60. The van der Waals surface area contributed by atoms with Crippen molar-refractivity contribution in [3.05, 3.63) is 65.1 Å². The topological polar surface area (TPSA) is 96.7 Å². The number of pyridine rings is 1. The highest BCUT2D eigenvalue weighted by atomic mass is 16.4. The minimum Gasteiger partial charge on any atom is -0.481 e. The molecule has 0 amide bonds. The van der Waals surface area contributed by atoms with Gasteiger partial charge in [0.1, 0.15) is 5.82 Å². The van der Waals surface area contributed by atoms with Crippen molar-refractivity contribution in [1.82, 2.24) is 24.7 Å². The molecule has 4 rings (SSSR count). The average molecular weight is 389 g/mol. The number of aryl methyl sites for hydroxylation is 1. The van der Waals surface area contributed by atoms with Crippen molar-refractivity contribution in [2.24, 2.45) is 0 Å². The van der Waals surface area contributed by atoms with Crippen LogP contribution in [0, 0.1) is 0 Å². The van der Waals surface area contributed by atoms with Crippen LogP contribution in [0.1, 0.15) is 36.4 Å². The molecule has 3 heterocycles. The molecule has 0 radical (unpaired) electrons. The van der Waals surface area contributed by atoms with E-state index in [-0.39, 0.29) is 6.42 Å². The third-order valence-corrected chi connectivity index (χ3v) is 5.06. The van der Waals surface area contributed by atoms with Crippen molar-refractivity contribution in [3.8, 4) is 11.4 Å². The molecule has 0 saturated carbocycles. The fourth-order valence-electron chi connectivity index (χ4n) is 3.68. The second-order valence-corrected chi connectivity index (χ2v) is 6.96. The minimum atomic E-state index is -0.821. The molecule has 0 atom stereocenters. The van der Waals surface area contributed by atoms with Gasteiger partial charge in [-0.15, -0.1) is 0 Å². The lowest BCUT2D eigenvalue weighted by molar-refractivity contribution is -0.136. The summed E-state index contributed by atoms with van der Waals surface area (Å²) in [5.74, 6) is -0.0331. The van der Waals surface area contributed by atoms with Crippen LogP contribution in [0.2, 0.25) is 0 Å². The second kappa shape index (κ2) is 7.87. The van der Waals surface area contributed by atoms with Gasteiger partial charge in [-0.3, -0.25) is 9.48 Å². The maximum atomic E-state index is 11.3. The van der Waals surface area contributed by atoms with Crippen molar-refractivity contribution in [3.63, 3.8) is 0 Å². The van der Waals surface area contributed by atoms with Crippen LogP contribution in [0.15, 0.2) is 42.6 Å². The molecule has 1 aromatic carbocycles. The van der Waals surface area contributed by atoms with Gasteiger partial charge in [-0.1, -0.05) is 38.1 Å². The number of carboxylic acids is 1. The van der Waals surface area contributed by atoms with Crippen molar-refractivity contribution in [2.75, 3.05) is 0 Å². The Morgan fingerprint density at radius 3 is 2.59 bits per heavy atom. The summed E-state index contributed by atoms with van der Waals surface area (Å²) in [6, 6.07) is 12.0. The molecule has 3 aromatic heterocycles. The predicted octanol–water partition coefficient (Wildman–Crippen LogP) is 3.62. The SMILES string of the molecule is CCc1nn(Cc2ccc(-c3nc4ncccc4[nH]3)cc2)c(CC)c1CC(=O)O. The van der Waals surface area contributed by atoms with Gasteiger partial charge in [0, 0.05) is 23.0 Å². The maximum absolute atomic E-state index is 11.3. The summed E-state index contributed by atoms with van der Waals surface area (Å²) < 4.78 is 1.94. The molecule has 148 valence electrons. The highest BCUT2D eigenvalue weighted by Gasteiger charge is 2.18. The first-order valence-electron chi connectivity index (χ1n) is 9.78. The summed E-state index contributed by atoms with van der Waals surface area (Å²) in [5.41, 5.74) is 6.43. The van der Waals surface area contributed by atoms with Crippen molar-refractivity contribution < 1.29 is 9.90 Å². The molecule has 0 fully saturated rings. The minimum absolute atomic E-state index is 0.0192. The summed E-state index contributed by atoms with van der Waals surface area (Å²) >= 11 is 0. The van der Waals surface area contributed by atoms with Crippen LogP contribution in [0.5, 0.6) is 0 Å². The molecular weight excluding hydrogens is 366 g/mol. The largest absolute Gasteiger partial charge is 0.481 e. The highest BCUT2D eigenvalue weighted by Crippen LogP contribution is 2.22. The monoisotopic (exact) mass is 389 g/mol. The number of fused-ring (bicyclic) bond motifs is 1. The van der Waals surface area contributed by atoms with Gasteiger partial charge in [0.05, 0.1) is 24.2 Å². The molecule has 7 heteroatoms. The number of nitrogens with one attached hydrogen (secondary N) is 1. The zero-order chi connectivity index (χ0) is 20.4. The van der Waals surface area contributed by atoms with Gasteiger partial charge in [0.2, 0.25) is 0 Å². The van der Waals surface area contributed by atoms with Crippen LogP contribution < -0.4 is 0 Å². The van der Waals surface area contributed by atoms with Crippen LogP contribution in [0.3, 0.4) is 0 Å². The lowest BCUT2D eigenvalue weighted by Crippen LogP contribution is -2.08. The summed E-state index contributed by atoms with van der Waals surface area (Å²) in [6.07, 6.45) is 3.22. The van der Waals surface area contributed by atoms with Gasteiger partial charge in [-0.25, -0.2) is 9.97 Å². The number of rotatable bonds is 7. The number of carboxylic acid groups (broad SMARTS) is 1. The number of hydrogen-bond acceptors (Lipinski definition) is 4. The third kappa shape index (κ3) is 3.76. The number of nitrogens with zero attached hydrogens (tertiary/aromatic N) is 4. The molecule has 0 bridgehead atoms. The molecule has 29 heavy (non-hydrogen) atoms. The van der Waals surface area contributed by atoms with E-state index in [9.17, 15) is 9.90 Å². The molecule has 0 unspecified atom stereocenters. The number of benzene rings is 1. The Bertz CT molecular complexity index is 1120. The average Bonchev–Trinajstić information content (AvgIpc) is 3.29. The number of imidazole rings is 1. The van der Waals surface area contributed by atoms with Gasteiger partial charge in [-0.05, 0) is 30.5 Å². The molecule has 0 spiro atoms. The molecule has 7 nitrogen and oxygen atoms in total. The zero-order valence-corrected chi connectivity index (χ0v) is 16.5. The van der Waals surface area contributed by atoms with Crippen LogP contribution in [0.25, 0.3) is 22.6 Å². The Morgan fingerprint density at radius 2 is 1.93 bits per heavy atom. The van der Waals surface area contributed by atoms with E-state index >= 15 is 0 Å². The number of aromatic nitrogens is 5. The van der Waals surface area contributed by atoms with Gasteiger partial charge >= 0.3 is 5.97 Å². The smallest absolute Gasteiger partial charge is 0.307 e. The summed E-state index contributed by atoms with van der Waals surface area (Å²) in [4.78, 5) is 23.3. The van der Waals surface area contributed by atoms with Gasteiger partial charge in [0.15, 0.2) is 5.65 Å². The summed E-state index contributed by atoms with van der Waals surface area (Å²) in [6.45, 7) is 4.66. The van der Waals surface area contributed by atoms with E-state index in [1.807, 2.05) is 42.8 Å². The first-order valence-corrected chi connectivity index (χ1v) is 9.78. The second-order valence-electron chi connectivity index (χ2n) is 6.96. The molecule has 0 aliphatic carbocycles. The molecule has 0 saturated heterocycles. The first-order chi connectivity index (χ1) is 14.1. The van der Waals surface area contributed by atoms with E-state index in [0.717, 1.165) is 52.3 Å². The lowest BCUT2D eigenvalue weighted by Gasteiger charge is -2.08. The van der Waals surface area contributed by atoms with Crippen LogP contribution >= 0.6 is 0 Å². The van der Waals surface area contributed by atoms with Gasteiger partial charge in [0.25, 0.3) is 0 Å². The highest BCUT2D eigenvalue weighted by molar-refractivity contribution is 5.75. The van der Waals surface area contributed by atoms with E-state index in [2.05, 4.69) is 32.2 Å². The number of carbonyl (C=O) groups is 1. The van der Waals surface area contributed by atoms with Gasteiger partial charge < -0.3 is 10.1 Å². The Hall–Kier alpha value is -3.48. The normalized spacial score (nSPS) is 11.2. The Kier molecular flexibility index (Phi) is 5.12. The Labute approximate surface area is 168 Å². The summed E-state index contributed by atoms with van der Waals surface area (Å²) in [5, 5.41) is 13.9. The number of hydrogen-bond donors (Lipinski definition) is 2. The molecular formula is C22H23N5O2. The molecule has 2 N–H and O–H groups in total. The van der Waals surface area contributed by atoms with E-state index in [1.54, 1.807) is 6.20 Å². The molecule has 0 aliphatic rings. The van der Waals surface area contributed by atoms with Crippen molar-refractivity contribution in [2.45, 2.75) is 39.7 Å². The fourth-order valence-corrected chi connectivity index (χ4v) is 3.68. The number of aliphatic carboxylic acids is 1. The third-order valence-electron chi connectivity index (χ3n) is 5.06. The Morgan fingerprint density at radius 1 is 1.14 bits per heavy atom. The fraction of sp³-hybridized carbons (Fsp3) is 0.273. The zero-order valence-electron chi connectivity index (χ0n) is 16.5. The van der Waals surface area contributed by atoms with E-state index in [4.69, 9.17) is 0 Å². The van der Waals surface area contributed by atoms with E-state index in [1.165, 1.54) is 0 Å². The first kappa shape index (κ1) is 18.9. The lowest BCUT2D eigenvalue weighted by atomic mass is 10.1. The maximum Gasteiger partial charge on any atom is 0.307 e. The van der Waals surface area contributed by atoms with Crippen LogP contribution in [-0.2, 0) is 30.6 Å². The molecule has 4 aromatic rings. The molecule has 0 aliphatic heterocycles. The number of aromatic amines is 1. The quantitative estimate of drug-likeness (QED) is 0.503. The van der Waals surface area contributed by atoms with E-state index in [0.29, 0.717) is 12.2 Å². The van der Waals surface area contributed by atoms with Crippen molar-refractivity contribution >= 4 is 17.1 Å². The predicted molar refractivity (Wildman–Crippen MR) is 111 cm³/mol. The van der Waals surface area contributed by atoms with Gasteiger partial charge in [-0.2, -0.15) is 5.10 Å². The van der Waals surface area contributed by atoms with E-state index < -0.39 is 5.97 Å². The van der Waals surface area contributed by atoms with Crippen LogP contribution in [0.4, 0.5) is 0 Å². The van der Waals surface area contributed by atoms with Crippen molar-refractivity contribution in [1.29, 1.82) is 0 Å². The standard InChI is InChI=1S/C22H23N5O2/c1-3-17-16(12-20(28)29)19(4-2)27(26-17)13-14-7-9-15(10-8-14)21-24-18-6-5-11-23-22(18)25-21/h5-11H,3-4,12-13H2,1-2H3,(H,28,29)(H,23,24,25).